The average molecular weight is 273 g/mol. The van der Waals surface area contributed by atoms with E-state index in [9.17, 15) is 0 Å². The highest BCUT2D eigenvalue weighted by molar-refractivity contribution is 5.85. The van der Waals surface area contributed by atoms with Gasteiger partial charge in [0.2, 0.25) is 0 Å². The molecular weight excluding hydrogens is 252 g/mol. The molecule has 1 heterocycles. The Bertz CT molecular complexity index is 368. The van der Waals surface area contributed by atoms with Crippen LogP contribution in [0.4, 0.5) is 0 Å². The first-order valence-electron chi connectivity index (χ1n) is 5.98. The third-order valence-electron chi connectivity index (χ3n) is 3.09. The van der Waals surface area contributed by atoms with Gasteiger partial charge in [-0.2, -0.15) is 0 Å². The third kappa shape index (κ3) is 3.51. The molecule has 1 aliphatic rings. The van der Waals surface area contributed by atoms with Gasteiger partial charge in [0, 0.05) is 38.3 Å². The quantitative estimate of drug-likeness (QED) is 0.901. The van der Waals surface area contributed by atoms with Crippen LogP contribution in [-0.2, 0) is 6.54 Å². The fraction of sp³-hybridized carbons (Fsp3) is 0.538. The molecule has 0 aliphatic carbocycles. The zero-order valence-corrected chi connectivity index (χ0v) is 11.8. The predicted molar refractivity (Wildman–Crippen MR) is 74.9 cm³/mol. The van der Waals surface area contributed by atoms with Crippen molar-refractivity contribution >= 4 is 12.4 Å². The fourth-order valence-corrected chi connectivity index (χ4v) is 2.19. The fourth-order valence-electron chi connectivity index (χ4n) is 2.19. The highest BCUT2D eigenvalue weighted by Crippen LogP contribution is 2.31. The molecule has 0 amide bonds. The van der Waals surface area contributed by atoms with Gasteiger partial charge in [0.15, 0.2) is 11.5 Å². The molecule has 102 valence electrons. The van der Waals surface area contributed by atoms with E-state index >= 15 is 0 Å². The Morgan fingerprint density at radius 3 is 2.50 bits per heavy atom. The molecule has 2 rings (SSSR count). The second-order valence-corrected chi connectivity index (χ2v) is 4.18. The molecule has 4 nitrogen and oxygen atoms in total. The first-order chi connectivity index (χ1) is 8.35. The zero-order chi connectivity index (χ0) is 12.1. The van der Waals surface area contributed by atoms with E-state index in [1.165, 1.54) is 5.56 Å². The van der Waals surface area contributed by atoms with Crippen molar-refractivity contribution in [2.75, 3.05) is 40.4 Å². The topological polar surface area (TPSA) is 33.7 Å². The van der Waals surface area contributed by atoms with Crippen molar-refractivity contribution in [1.82, 2.24) is 10.2 Å². The van der Waals surface area contributed by atoms with Gasteiger partial charge in [0.25, 0.3) is 0 Å². The maximum atomic E-state index is 5.44. The first-order valence-corrected chi connectivity index (χ1v) is 5.98. The van der Waals surface area contributed by atoms with Gasteiger partial charge in [-0.05, 0) is 6.07 Å². The van der Waals surface area contributed by atoms with Crippen LogP contribution >= 0.6 is 12.4 Å². The van der Waals surface area contributed by atoms with Gasteiger partial charge in [-0.15, -0.1) is 12.4 Å². The molecule has 5 heteroatoms. The highest BCUT2D eigenvalue weighted by Gasteiger charge is 2.14. The van der Waals surface area contributed by atoms with Gasteiger partial charge in [-0.1, -0.05) is 12.1 Å². The standard InChI is InChI=1S/C13H20N2O2.ClH/c1-16-12-5-3-4-11(13(12)17-2)10-15-8-6-14-7-9-15;/h3-5,14H,6-10H2,1-2H3;1H. The summed E-state index contributed by atoms with van der Waals surface area (Å²) < 4.78 is 10.8. The SMILES string of the molecule is COc1cccc(CN2CCNCC2)c1OC.Cl. The lowest BCUT2D eigenvalue weighted by Gasteiger charge is -2.27. The molecule has 18 heavy (non-hydrogen) atoms. The molecule has 1 N–H and O–H groups in total. The van der Waals surface area contributed by atoms with Crippen LogP contribution in [0.2, 0.25) is 0 Å². The van der Waals surface area contributed by atoms with Gasteiger partial charge in [0.05, 0.1) is 14.2 Å². The minimum Gasteiger partial charge on any atom is -0.493 e. The molecule has 0 atom stereocenters. The Kier molecular flexibility index (Phi) is 6.25. The van der Waals surface area contributed by atoms with Crippen molar-refractivity contribution in [2.24, 2.45) is 0 Å². The number of methoxy groups -OCH3 is 2. The summed E-state index contributed by atoms with van der Waals surface area (Å²) in [5, 5.41) is 3.35. The van der Waals surface area contributed by atoms with E-state index in [0.717, 1.165) is 44.2 Å². The molecular formula is C13H21ClN2O2. The van der Waals surface area contributed by atoms with Crippen LogP contribution < -0.4 is 14.8 Å². The van der Waals surface area contributed by atoms with Crippen LogP contribution in [0.3, 0.4) is 0 Å². The van der Waals surface area contributed by atoms with Crippen LogP contribution in [0, 0.1) is 0 Å². The van der Waals surface area contributed by atoms with Gasteiger partial charge < -0.3 is 14.8 Å². The number of rotatable bonds is 4. The highest BCUT2D eigenvalue weighted by atomic mass is 35.5. The van der Waals surface area contributed by atoms with E-state index in [4.69, 9.17) is 9.47 Å². The smallest absolute Gasteiger partial charge is 0.165 e. The number of ether oxygens (including phenoxy) is 2. The summed E-state index contributed by atoms with van der Waals surface area (Å²) in [6.07, 6.45) is 0. The summed E-state index contributed by atoms with van der Waals surface area (Å²) in [7, 11) is 3.37. The van der Waals surface area contributed by atoms with E-state index in [2.05, 4.69) is 16.3 Å². The lowest BCUT2D eigenvalue weighted by Crippen LogP contribution is -2.42. The van der Waals surface area contributed by atoms with Crippen molar-refractivity contribution in [2.45, 2.75) is 6.54 Å². The van der Waals surface area contributed by atoms with Gasteiger partial charge >= 0.3 is 0 Å². The normalized spacial score (nSPS) is 15.9. The second kappa shape index (κ2) is 7.46. The number of benzene rings is 1. The minimum atomic E-state index is 0. The maximum Gasteiger partial charge on any atom is 0.165 e. The minimum absolute atomic E-state index is 0. The van der Waals surface area contributed by atoms with Gasteiger partial charge in [-0.3, -0.25) is 4.90 Å². The second-order valence-electron chi connectivity index (χ2n) is 4.18. The summed E-state index contributed by atoms with van der Waals surface area (Å²) in [5.74, 6) is 1.66. The van der Waals surface area contributed by atoms with Crippen LogP contribution in [0.5, 0.6) is 11.5 Å². The maximum absolute atomic E-state index is 5.44. The van der Waals surface area contributed by atoms with Crippen molar-refractivity contribution in [1.29, 1.82) is 0 Å². The van der Waals surface area contributed by atoms with Crippen LogP contribution in [0.15, 0.2) is 18.2 Å². The summed E-state index contributed by atoms with van der Waals surface area (Å²) in [4.78, 5) is 2.42. The molecule has 1 aliphatic heterocycles. The Balaban J connectivity index is 0.00000162. The third-order valence-corrected chi connectivity index (χ3v) is 3.09. The summed E-state index contributed by atoms with van der Waals surface area (Å²) in [6.45, 7) is 5.21. The van der Waals surface area contributed by atoms with Crippen LogP contribution in [0.25, 0.3) is 0 Å². The van der Waals surface area contributed by atoms with E-state index in [-0.39, 0.29) is 12.4 Å². The summed E-state index contributed by atoms with van der Waals surface area (Å²) in [5.41, 5.74) is 1.19. The summed E-state index contributed by atoms with van der Waals surface area (Å²) >= 11 is 0. The monoisotopic (exact) mass is 272 g/mol. The predicted octanol–water partition coefficient (Wildman–Crippen LogP) is 1.53. The molecule has 0 bridgehead atoms. The van der Waals surface area contributed by atoms with Crippen molar-refractivity contribution in [3.63, 3.8) is 0 Å². The molecule has 0 aromatic heterocycles. The van der Waals surface area contributed by atoms with Crippen molar-refractivity contribution in [3.05, 3.63) is 23.8 Å². The molecule has 0 spiro atoms. The number of nitrogens with zero attached hydrogens (tertiary/aromatic N) is 1. The van der Waals surface area contributed by atoms with E-state index < -0.39 is 0 Å². The zero-order valence-electron chi connectivity index (χ0n) is 10.9. The molecule has 0 unspecified atom stereocenters. The van der Waals surface area contributed by atoms with Gasteiger partial charge in [0.1, 0.15) is 0 Å². The van der Waals surface area contributed by atoms with E-state index in [1.54, 1.807) is 14.2 Å². The molecule has 1 aromatic carbocycles. The van der Waals surface area contributed by atoms with Gasteiger partial charge in [-0.25, -0.2) is 0 Å². The Morgan fingerprint density at radius 1 is 1.17 bits per heavy atom. The number of hydrogen-bond donors (Lipinski definition) is 1. The van der Waals surface area contributed by atoms with E-state index in [1.807, 2.05) is 12.1 Å². The number of hydrogen-bond acceptors (Lipinski definition) is 4. The lowest BCUT2D eigenvalue weighted by molar-refractivity contribution is 0.229. The Labute approximate surface area is 115 Å². The summed E-state index contributed by atoms with van der Waals surface area (Å²) in [6, 6.07) is 6.04. The first kappa shape index (κ1) is 15.1. The Hall–Kier alpha value is -0.970. The number of halogens is 1. The van der Waals surface area contributed by atoms with Crippen molar-refractivity contribution in [3.8, 4) is 11.5 Å². The van der Waals surface area contributed by atoms with E-state index in [0.29, 0.717) is 0 Å². The van der Waals surface area contributed by atoms with Crippen molar-refractivity contribution < 1.29 is 9.47 Å². The number of para-hydroxylation sites is 1. The lowest BCUT2D eigenvalue weighted by atomic mass is 10.1. The van der Waals surface area contributed by atoms with Crippen LogP contribution in [0.1, 0.15) is 5.56 Å². The number of piperazine rings is 1. The molecule has 1 aromatic rings. The Morgan fingerprint density at radius 2 is 1.89 bits per heavy atom. The van der Waals surface area contributed by atoms with Crippen LogP contribution in [-0.4, -0.2) is 45.3 Å². The average Bonchev–Trinajstić information content (AvgIpc) is 2.39. The molecule has 1 fully saturated rings. The molecule has 0 saturated carbocycles. The largest absolute Gasteiger partial charge is 0.493 e. The molecule has 0 radical (unpaired) electrons. The molecule has 1 saturated heterocycles. The number of nitrogens with one attached hydrogen (secondary N) is 1.